The lowest BCUT2D eigenvalue weighted by Crippen LogP contribution is -2.58. The van der Waals surface area contributed by atoms with Crippen LogP contribution in [0.5, 0.6) is 0 Å². The second-order valence-corrected chi connectivity index (χ2v) is 13.4. The molecule has 8 atom stereocenters. The van der Waals surface area contributed by atoms with Crippen LogP contribution in [-0.2, 0) is 16.1 Å². The van der Waals surface area contributed by atoms with Crippen molar-refractivity contribution >= 4 is 28.4 Å². The molecule has 4 aliphatic rings. The number of nitrogens with zero attached hydrogens (tertiary/aromatic N) is 3. The molecule has 1 N–H and O–H groups in total. The SMILES string of the molecule is COC[C@]12CC[C@@](C)(O)C[C@@H]1CC[C@H]1[C@@H]3CC[C@H](C(=O)Cn4nnc5cccc(Cl)c54)[C@@]3(C)CC[C@@H]12. The van der Waals surface area contributed by atoms with E-state index < -0.39 is 5.60 Å². The van der Waals surface area contributed by atoms with Crippen molar-refractivity contribution in [2.24, 2.45) is 40.4 Å². The summed E-state index contributed by atoms with van der Waals surface area (Å²) in [5.41, 5.74) is 1.17. The normalized spacial score (nSPS) is 42.1. The highest BCUT2D eigenvalue weighted by molar-refractivity contribution is 6.34. The van der Waals surface area contributed by atoms with Gasteiger partial charge in [-0.25, -0.2) is 4.68 Å². The summed E-state index contributed by atoms with van der Waals surface area (Å²) in [6, 6.07) is 5.59. The van der Waals surface area contributed by atoms with Gasteiger partial charge in [0.1, 0.15) is 17.6 Å². The summed E-state index contributed by atoms with van der Waals surface area (Å²) in [5, 5.41) is 20.0. The highest BCUT2D eigenvalue weighted by atomic mass is 35.5. The minimum absolute atomic E-state index is 0.0414. The number of ether oxygens (including phenoxy) is 1. The average molecular weight is 514 g/mol. The van der Waals surface area contributed by atoms with Crippen LogP contribution in [0, 0.1) is 40.4 Å². The number of fused-ring (bicyclic) bond motifs is 6. The molecule has 1 aromatic heterocycles. The van der Waals surface area contributed by atoms with Gasteiger partial charge in [-0.2, -0.15) is 0 Å². The van der Waals surface area contributed by atoms with Gasteiger partial charge < -0.3 is 9.84 Å². The predicted molar refractivity (Wildman–Crippen MR) is 140 cm³/mol. The molecule has 6 nitrogen and oxygen atoms in total. The van der Waals surface area contributed by atoms with Crippen LogP contribution < -0.4 is 0 Å². The number of hydrogen-bond donors (Lipinski definition) is 1. The van der Waals surface area contributed by atoms with E-state index in [1.165, 1.54) is 19.3 Å². The number of methoxy groups -OCH3 is 1. The van der Waals surface area contributed by atoms with Crippen molar-refractivity contribution in [1.29, 1.82) is 0 Å². The van der Waals surface area contributed by atoms with Gasteiger partial charge in [-0.1, -0.05) is 29.8 Å². The number of benzene rings is 1. The van der Waals surface area contributed by atoms with Gasteiger partial charge in [-0.05, 0) is 111 Å². The lowest BCUT2D eigenvalue weighted by atomic mass is 9.43. The maximum Gasteiger partial charge on any atom is 0.157 e. The summed E-state index contributed by atoms with van der Waals surface area (Å²) < 4.78 is 7.60. The van der Waals surface area contributed by atoms with E-state index in [0.717, 1.165) is 56.2 Å². The summed E-state index contributed by atoms with van der Waals surface area (Å²) in [7, 11) is 1.85. The standard InChI is InChI=1S/C29H40ClN3O3/c1-27(35)13-14-29(17-36-3)18(15-27)7-8-19-20-9-10-22(28(20,2)12-11-21(19)29)25(34)16-33-26-23(30)5-4-6-24(26)31-32-33/h4-6,18-22,35H,7-17H2,1-3H3/t18-,19-,20-,21-,22+,27+,28-,29+/m0/s1. The van der Waals surface area contributed by atoms with Crippen molar-refractivity contribution in [3.63, 3.8) is 0 Å². The second kappa shape index (κ2) is 8.78. The molecule has 196 valence electrons. The number of para-hydroxylation sites is 1. The van der Waals surface area contributed by atoms with Gasteiger partial charge in [0, 0.05) is 13.0 Å². The minimum atomic E-state index is -0.544. The molecule has 36 heavy (non-hydrogen) atoms. The van der Waals surface area contributed by atoms with Crippen LogP contribution in [0.3, 0.4) is 0 Å². The molecule has 2 aromatic rings. The molecule has 0 spiro atoms. The Labute approximate surface area is 219 Å². The summed E-state index contributed by atoms with van der Waals surface area (Å²) in [6.07, 6.45) is 9.61. The van der Waals surface area contributed by atoms with E-state index in [0.29, 0.717) is 28.7 Å². The first kappa shape index (κ1) is 24.8. The molecule has 0 unspecified atom stereocenters. The van der Waals surface area contributed by atoms with E-state index in [4.69, 9.17) is 16.3 Å². The number of carbonyl (C=O) groups is 1. The van der Waals surface area contributed by atoms with Crippen LogP contribution in [0.1, 0.15) is 71.6 Å². The Bertz CT molecular complexity index is 1160. The summed E-state index contributed by atoms with van der Waals surface area (Å²) >= 11 is 6.44. The van der Waals surface area contributed by atoms with Gasteiger partial charge in [0.25, 0.3) is 0 Å². The lowest BCUT2D eigenvalue weighted by molar-refractivity contribution is -0.175. The van der Waals surface area contributed by atoms with Gasteiger partial charge in [-0.3, -0.25) is 4.79 Å². The van der Waals surface area contributed by atoms with Crippen molar-refractivity contribution in [2.75, 3.05) is 13.7 Å². The fourth-order valence-corrected chi connectivity index (χ4v) is 9.93. The number of aliphatic hydroxyl groups is 1. The Balaban J connectivity index is 1.24. The number of halogens is 1. The highest BCUT2D eigenvalue weighted by Gasteiger charge is 2.63. The zero-order valence-corrected chi connectivity index (χ0v) is 22.6. The predicted octanol–water partition coefficient (Wildman–Crippen LogP) is 5.69. The summed E-state index contributed by atoms with van der Waals surface area (Å²) in [5.74, 6) is 2.75. The summed E-state index contributed by atoms with van der Waals surface area (Å²) in [6.45, 7) is 5.47. The number of rotatable bonds is 5. The molecule has 0 bridgehead atoms. The van der Waals surface area contributed by atoms with Gasteiger partial charge in [0.15, 0.2) is 5.78 Å². The molecule has 0 saturated heterocycles. The number of ketones is 1. The Hall–Kier alpha value is -1.50. The zero-order chi connectivity index (χ0) is 25.3. The maximum atomic E-state index is 13.8. The molecule has 0 aliphatic heterocycles. The molecule has 4 aliphatic carbocycles. The highest BCUT2D eigenvalue weighted by Crippen LogP contribution is 2.68. The number of hydrogen-bond acceptors (Lipinski definition) is 5. The lowest BCUT2D eigenvalue weighted by Gasteiger charge is -2.62. The fourth-order valence-electron chi connectivity index (χ4n) is 9.67. The molecular formula is C29H40ClN3O3. The Morgan fingerprint density at radius 2 is 1.97 bits per heavy atom. The van der Waals surface area contributed by atoms with E-state index in [-0.39, 0.29) is 29.1 Å². The van der Waals surface area contributed by atoms with Gasteiger partial charge in [0.05, 0.1) is 17.2 Å². The number of Topliss-reactive ketones (excluding diaryl/α,β-unsaturated/α-hetero) is 1. The topological polar surface area (TPSA) is 77.2 Å². The molecule has 1 aromatic carbocycles. The Kier molecular flexibility index (Phi) is 6.05. The van der Waals surface area contributed by atoms with Crippen molar-refractivity contribution < 1.29 is 14.6 Å². The average Bonchev–Trinajstić information content (AvgIpc) is 3.40. The van der Waals surface area contributed by atoms with Gasteiger partial charge in [0.2, 0.25) is 0 Å². The maximum absolute atomic E-state index is 13.8. The van der Waals surface area contributed by atoms with Crippen LogP contribution in [0.2, 0.25) is 5.02 Å². The quantitative estimate of drug-likeness (QED) is 0.555. The van der Waals surface area contributed by atoms with Gasteiger partial charge >= 0.3 is 0 Å². The molecule has 4 fully saturated rings. The van der Waals surface area contributed by atoms with Gasteiger partial charge in [-0.15, -0.1) is 5.10 Å². The second-order valence-electron chi connectivity index (χ2n) is 13.0. The first-order chi connectivity index (χ1) is 17.2. The number of aromatic nitrogens is 3. The molecule has 0 amide bonds. The van der Waals surface area contributed by atoms with E-state index in [2.05, 4.69) is 17.2 Å². The van der Waals surface area contributed by atoms with Crippen LogP contribution in [-0.4, -0.2) is 45.2 Å². The first-order valence-corrected chi connectivity index (χ1v) is 14.3. The van der Waals surface area contributed by atoms with E-state index in [1.54, 1.807) is 4.68 Å². The monoisotopic (exact) mass is 513 g/mol. The molecule has 4 saturated carbocycles. The molecule has 0 radical (unpaired) electrons. The number of carbonyl (C=O) groups excluding carboxylic acids is 1. The van der Waals surface area contributed by atoms with Crippen molar-refractivity contribution in [3.05, 3.63) is 23.2 Å². The fraction of sp³-hybridized carbons (Fsp3) is 0.759. The third-order valence-corrected chi connectivity index (χ3v) is 11.5. The summed E-state index contributed by atoms with van der Waals surface area (Å²) in [4.78, 5) is 13.8. The minimum Gasteiger partial charge on any atom is -0.390 e. The Morgan fingerprint density at radius 1 is 1.14 bits per heavy atom. The molecule has 7 heteroatoms. The van der Waals surface area contributed by atoms with E-state index >= 15 is 0 Å². The van der Waals surface area contributed by atoms with Crippen LogP contribution in [0.15, 0.2) is 18.2 Å². The van der Waals surface area contributed by atoms with Crippen molar-refractivity contribution in [1.82, 2.24) is 15.0 Å². The van der Waals surface area contributed by atoms with E-state index in [9.17, 15) is 9.90 Å². The van der Waals surface area contributed by atoms with E-state index in [1.807, 2.05) is 32.2 Å². The third kappa shape index (κ3) is 3.69. The largest absolute Gasteiger partial charge is 0.390 e. The zero-order valence-electron chi connectivity index (χ0n) is 21.9. The van der Waals surface area contributed by atoms with Crippen LogP contribution in [0.25, 0.3) is 11.0 Å². The first-order valence-electron chi connectivity index (χ1n) is 13.9. The van der Waals surface area contributed by atoms with Crippen molar-refractivity contribution in [3.8, 4) is 0 Å². The molecule has 1 heterocycles. The third-order valence-electron chi connectivity index (χ3n) is 11.2. The van der Waals surface area contributed by atoms with Crippen molar-refractivity contribution in [2.45, 2.75) is 83.8 Å². The molecular weight excluding hydrogens is 474 g/mol. The van der Waals surface area contributed by atoms with Crippen LogP contribution >= 0.6 is 11.6 Å². The Morgan fingerprint density at radius 3 is 2.78 bits per heavy atom. The smallest absolute Gasteiger partial charge is 0.157 e. The van der Waals surface area contributed by atoms with Crippen LogP contribution in [0.4, 0.5) is 0 Å². The molecule has 6 rings (SSSR count).